The maximum Gasteiger partial charge on any atom is 0.242 e. The van der Waals surface area contributed by atoms with Gasteiger partial charge in [0.15, 0.2) is 0 Å². The van der Waals surface area contributed by atoms with E-state index in [0.717, 1.165) is 4.31 Å². The molecule has 20 heavy (non-hydrogen) atoms. The molecule has 0 heterocycles. The van der Waals surface area contributed by atoms with E-state index in [1.165, 1.54) is 20.2 Å². The lowest BCUT2D eigenvalue weighted by atomic mass is 10.2. The van der Waals surface area contributed by atoms with Gasteiger partial charge in [-0.1, -0.05) is 6.07 Å². The highest BCUT2D eigenvalue weighted by Gasteiger charge is 2.20. The fraction of sp³-hybridized carbons (Fsp3) is 0.417. The molecular weight excluding hydrogens is 302 g/mol. The molecule has 0 aliphatic heterocycles. The van der Waals surface area contributed by atoms with E-state index in [9.17, 15) is 13.2 Å². The van der Waals surface area contributed by atoms with Crippen LogP contribution in [0.5, 0.6) is 0 Å². The number of anilines is 1. The first-order chi connectivity index (χ1) is 8.78. The number of halogens is 1. The summed E-state index contributed by atoms with van der Waals surface area (Å²) in [5.74, 6) is -0.223. The summed E-state index contributed by atoms with van der Waals surface area (Å²) in [5, 5.41) is 5.36. The van der Waals surface area contributed by atoms with E-state index in [1.807, 2.05) is 0 Å². The third-order valence-corrected chi connectivity index (χ3v) is 4.52. The smallest absolute Gasteiger partial charge is 0.242 e. The minimum absolute atomic E-state index is 0. The number of hydrogen-bond acceptors (Lipinski definition) is 4. The fourth-order valence-electron chi connectivity index (χ4n) is 1.52. The summed E-state index contributed by atoms with van der Waals surface area (Å²) < 4.78 is 25.4. The van der Waals surface area contributed by atoms with Crippen LogP contribution in [0.15, 0.2) is 23.1 Å². The number of nitrogens with zero attached hydrogens (tertiary/aromatic N) is 1. The number of nitrogens with one attached hydrogen (secondary N) is 2. The molecule has 1 aromatic carbocycles. The van der Waals surface area contributed by atoms with Crippen molar-refractivity contribution in [2.24, 2.45) is 0 Å². The maximum absolute atomic E-state index is 12.1. The molecule has 0 aromatic heterocycles. The van der Waals surface area contributed by atoms with E-state index in [1.54, 1.807) is 26.1 Å². The minimum atomic E-state index is -3.51. The molecule has 0 aliphatic rings. The molecule has 1 amide bonds. The second-order valence-corrected chi connectivity index (χ2v) is 6.47. The Hall–Kier alpha value is -1.15. The Labute approximate surface area is 126 Å². The van der Waals surface area contributed by atoms with E-state index < -0.39 is 10.0 Å². The average molecular weight is 322 g/mol. The molecule has 6 nitrogen and oxygen atoms in total. The van der Waals surface area contributed by atoms with Crippen molar-refractivity contribution in [2.45, 2.75) is 11.8 Å². The lowest BCUT2D eigenvalue weighted by Crippen LogP contribution is -2.26. The second kappa shape index (κ2) is 7.58. The fourth-order valence-corrected chi connectivity index (χ4v) is 2.66. The molecule has 0 saturated carbocycles. The normalized spacial score (nSPS) is 11.1. The number of hydrogen-bond donors (Lipinski definition) is 2. The van der Waals surface area contributed by atoms with Crippen LogP contribution in [-0.4, -0.2) is 46.3 Å². The number of amides is 1. The quantitative estimate of drug-likeness (QED) is 0.842. The number of aryl methyl sites for hydroxylation is 1. The summed E-state index contributed by atoms with van der Waals surface area (Å²) in [6, 6.07) is 4.82. The Morgan fingerprint density at radius 1 is 1.30 bits per heavy atom. The summed E-state index contributed by atoms with van der Waals surface area (Å²) in [6.07, 6.45) is 0. The second-order valence-electron chi connectivity index (χ2n) is 4.35. The Morgan fingerprint density at radius 3 is 2.40 bits per heavy atom. The topological polar surface area (TPSA) is 78.5 Å². The first-order valence-electron chi connectivity index (χ1n) is 5.76. The van der Waals surface area contributed by atoms with Gasteiger partial charge in [0.05, 0.1) is 11.4 Å². The molecule has 0 saturated heterocycles. The van der Waals surface area contributed by atoms with Gasteiger partial charge >= 0.3 is 0 Å². The molecule has 0 bridgehead atoms. The number of carbonyl (C=O) groups excluding carboxylic acids is 1. The molecule has 0 aliphatic carbocycles. The van der Waals surface area contributed by atoms with Gasteiger partial charge in [-0.25, -0.2) is 12.7 Å². The van der Waals surface area contributed by atoms with E-state index in [2.05, 4.69) is 10.6 Å². The van der Waals surface area contributed by atoms with E-state index >= 15 is 0 Å². The zero-order valence-corrected chi connectivity index (χ0v) is 13.6. The number of rotatable bonds is 5. The average Bonchev–Trinajstić information content (AvgIpc) is 2.31. The van der Waals surface area contributed by atoms with Crippen LogP contribution in [-0.2, 0) is 14.8 Å². The van der Waals surface area contributed by atoms with Crippen LogP contribution in [0.1, 0.15) is 5.56 Å². The van der Waals surface area contributed by atoms with Crippen LogP contribution in [0.25, 0.3) is 0 Å². The first-order valence-corrected chi connectivity index (χ1v) is 7.20. The van der Waals surface area contributed by atoms with E-state index in [-0.39, 0.29) is 29.8 Å². The number of benzene rings is 1. The van der Waals surface area contributed by atoms with Gasteiger partial charge in [-0.15, -0.1) is 12.4 Å². The van der Waals surface area contributed by atoms with Gasteiger partial charge in [0.25, 0.3) is 0 Å². The van der Waals surface area contributed by atoms with Crippen LogP contribution < -0.4 is 10.6 Å². The van der Waals surface area contributed by atoms with Crippen LogP contribution >= 0.6 is 12.4 Å². The third-order valence-electron chi connectivity index (χ3n) is 2.57. The van der Waals surface area contributed by atoms with Gasteiger partial charge in [-0.2, -0.15) is 0 Å². The van der Waals surface area contributed by atoms with E-state index in [0.29, 0.717) is 11.3 Å². The van der Waals surface area contributed by atoms with Crippen molar-refractivity contribution in [1.29, 1.82) is 0 Å². The van der Waals surface area contributed by atoms with Crippen LogP contribution in [0.3, 0.4) is 0 Å². The molecule has 0 fully saturated rings. The molecular formula is C12H20ClN3O3S. The standard InChI is InChI=1S/C12H19N3O3S.ClH/c1-9-5-6-10(14-12(16)8-13-2)7-11(9)19(17,18)15(3)4;/h5-7,13H,8H2,1-4H3,(H,14,16);1H. The Bertz CT molecular complexity index is 573. The Morgan fingerprint density at radius 2 is 1.90 bits per heavy atom. The number of carbonyl (C=O) groups is 1. The molecule has 0 unspecified atom stereocenters. The summed E-state index contributed by atoms with van der Waals surface area (Å²) in [5.41, 5.74) is 1.10. The number of sulfonamides is 1. The van der Waals surface area contributed by atoms with Gasteiger partial charge in [0.1, 0.15) is 0 Å². The molecule has 1 aromatic rings. The maximum atomic E-state index is 12.1. The van der Waals surface area contributed by atoms with Gasteiger partial charge in [0.2, 0.25) is 15.9 Å². The van der Waals surface area contributed by atoms with Gasteiger partial charge < -0.3 is 10.6 Å². The molecule has 1 rings (SSSR count). The van der Waals surface area contributed by atoms with Crippen molar-refractivity contribution in [3.05, 3.63) is 23.8 Å². The van der Waals surface area contributed by atoms with Gasteiger partial charge in [-0.05, 0) is 31.7 Å². The predicted octanol–water partition coefficient (Wildman–Crippen LogP) is 0.825. The van der Waals surface area contributed by atoms with Crippen molar-refractivity contribution < 1.29 is 13.2 Å². The molecule has 2 N–H and O–H groups in total. The lowest BCUT2D eigenvalue weighted by molar-refractivity contribution is -0.115. The molecule has 0 spiro atoms. The molecule has 0 atom stereocenters. The van der Waals surface area contributed by atoms with Gasteiger partial charge in [-0.3, -0.25) is 4.79 Å². The van der Waals surface area contributed by atoms with Crippen LogP contribution in [0, 0.1) is 6.92 Å². The van der Waals surface area contributed by atoms with Crippen molar-refractivity contribution in [3.8, 4) is 0 Å². The summed E-state index contributed by atoms with van der Waals surface area (Å²) in [4.78, 5) is 11.7. The van der Waals surface area contributed by atoms with Crippen LogP contribution in [0.4, 0.5) is 5.69 Å². The van der Waals surface area contributed by atoms with Gasteiger partial charge in [0, 0.05) is 19.8 Å². The van der Waals surface area contributed by atoms with Crippen molar-refractivity contribution in [1.82, 2.24) is 9.62 Å². The molecule has 114 valence electrons. The highest BCUT2D eigenvalue weighted by Crippen LogP contribution is 2.22. The zero-order chi connectivity index (χ0) is 14.6. The zero-order valence-electron chi connectivity index (χ0n) is 11.9. The summed E-state index contributed by atoms with van der Waals surface area (Å²) in [6.45, 7) is 1.89. The Kier molecular flexibility index (Phi) is 7.15. The van der Waals surface area contributed by atoms with Crippen molar-refractivity contribution >= 4 is 34.0 Å². The highest BCUT2D eigenvalue weighted by atomic mass is 35.5. The predicted molar refractivity (Wildman–Crippen MR) is 81.9 cm³/mol. The SMILES string of the molecule is CNCC(=O)Nc1ccc(C)c(S(=O)(=O)N(C)C)c1.Cl. The largest absolute Gasteiger partial charge is 0.325 e. The van der Waals surface area contributed by atoms with Crippen molar-refractivity contribution in [2.75, 3.05) is 33.0 Å². The lowest BCUT2D eigenvalue weighted by Gasteiger charge is -2.15. The Balaban J connectivity index is 0.00000361. The molecule has 8 heteroatoms. The summed E-state index contributed by atoms with van der Waals surface area (Å²) in [7, 11) is 1.10. The third kappa shape index (κ3) is 4.45. The molecule has 0 radical (unpaired) electrons. The highest BCUT2D eigenvalue weighted by molar-refractivity contribution is 7.89. The number of likely N-dealkylation sites (N-methyl/N-ethyl adjacent to an activating group) is 1. The van der Waals surface area contributed by atoms with Crippen molar-refractivity contribution in [3.63, 3.8) is 0 Å². The minimum Gasteiger partial charge on any atom is -0.325 e. The monoisotopic (exact) mass is 321 g/mol. The van der Waals surface area contributed by atoms with E-state index in [4.69, 9.17) is 0 Å². The first kappa shape index (κ1) is 18.9. The summed E-state index contributed by atoms with van der Waals surface area (Å²) >= 11 is 0. The van der Waals surface area contributed by atoms with Crippen LogP contribution in [0.2, 0.25) is 0 Å².